The van der Waals surface area contributed by atoms with E-state index in [1.807, 2.05) is 0 Å². The van der Waals surface area contributed by atoms with Crippen molar-refractivity contribution in [1.29, 1.82) is 0 Å². The molecule has 8 heteroatoms. The van der Waals surface area contributed by atoms with E-state index in [-0.39, 0.29) is 22.8 Å². The number of carbonyl (C=O) groups is 1. The van der Waals surface area contributed by atoms with Gasteiger partial charge in [0, 0.05) is 13.2 Å². The maximum Gasteiger partial charge on any atom is 0.335 e. The predicted octanol–water partition coefficient (Wildman–Crippen LogP) is 0.280. The highest BCUT2D eigenvalue weighted by atomic mass is 32.2. The zero-order valence-corrected chi connectivity index (χ0v) is 11.4. The largest absolute Gasteiger partial charge is 0.478 e. The van der Waals surface area contributed by atoms with Crippen molar-refractivity contribution in [1.82, 2.24) is 4.72 Å². The molecular weight excluding hydrogens is 272 g/mol. The fourth-order valence-corrected chi connectivity index (χ4v) is 2.88. The fraction of sp³-hybridized carbons (Fsp3) is 0.364. The first-order chi connectivity index (χ1) is 8.77. The van der Waals surface area contributed by atoms with Crippen molar-refractivity contribution in [2.75, 3.05) is 19.5 Å². The topological polar surface area (TPSA) is 119 Å². The Bertz CT molecular complexity index is 570. The number of hydrogen-bond donors (Lipinski definition) is 3. The maximum absolute atomic E-state index is 12.0. The van der Waals surface area contributed by atoms with E-state index in [1.165, 1.54) is 19.2 Å². The van der Waals surface area contributed by atoms with E-state index in [1.54, 1.807) is 6.92 Å². The number of methoxy groups -OCH3 is 1. The van der Waals surface area contributed by atoms with Gasteiger partial charge in [-0.1, -0.05) is 0 Å². The molecule has 0 aliphatic rings. The number of hydrogen-bond acceptors (Lipinski definition) is 5. The fourth-order valence-electron chi connectivity index (χ4n) is 1.54. The van der Waals surface area contributed by atoms with Crippen LogP contribution in [-0.4, -0.2) is 39.3 Å². The minimum Gasteiger partial charge on any atom is -0.478 e. The summed E-state index contributed by atoms with van der Waals surface area (Å²) in [6.45, 7) is 1.86. The molecule has 0 fully saturated rings. The highest BCUT2D eigenvalue weighted by Crippen LogP contribution is 2.20. The third-order valence-corrected chi connectivity index (χ3v) is 3.98. The molecule has 0 saturated carbocycles. The Morgan fingerprint density at radius 3 is 2.63 bits per heavy atom. The van der Waals surface area contributed by atoms with Crippen LogP contribution in [0.5, 0.6) is 0 Å². The molecule has 1 aromatic carbocycles. The van der Waals surface area contributed by atoms with E-state index >= 15 is 0 Å². The molecule has 7 nitrogen and oxygen atoms in total. The molecule has 0 amide bonds. The first kappa shape index (κ1) is 15.4. The summed E-state index contributed by atoms with van der Waals surface area (Å²) in [5, 5.41) is 8.78. The highest BCUT2D eigenvalue weighted by Gasteiger charge is 2.21. The molecule has 0 radical (unpaired) electrons. The first-order valence-corrected chi connectivity index (χ1v) is 6.90. The lowest BCUT2D eigenvalue weighted by Crippen LogP contribution is -2.35. The van der Waals surface area contributed by atoms with Gasteiger partial charge in [-0.15, -0.1) is 0 Å². The number of rotatable bonds is 6. The van der Waals surface area contributed by atoms with E-state index in [9.17, 15) is 13.2 Å². The van der Waals surface area contributed by atoms with Crippen molar-refractivity contribution < 1.29 is 23.1 Å². The van der Waals surface area contributed by atoms with Crippen LogP contribution in [0.4, 0.5) is 5.69 Å². The maximum atomic E-state index is 12.0. The van der Waals surface area contributed by atoms with Gasteiger partial charge in [0.1, 0.15) is 4.90 Å². The summed E-state index contributed by atoms with van der Waals surface area (Å²) < 4.78 is 31.3. The van der Waals surface area contributed by atoms with Gasteiger partial charge in [0.15, 0.2) is 0 Å². The molecule has 1 aromatic rings. The molecule has 0 aromatic heterocycles. The van der Waals surface area contributed by atoms with E-state index < -0.39 is 22.0 Å². The summed E-state index contributed by atoms with van der Waals surface area (Å²) in [5.41, 5.74) is 5.40. The minimum absolute atomic E-state index is 0.0682. The van der Waals surface area contributed by atoms with Gasteiger partial charge in [-0.2, -0.15) is 0 Å². The normalized spacial score (nSPS) is 13.2. The van der Waals surface area contributed by atoms with Crippen LogP contribution in [0.1, 0.15) is 17.3 Å². The van der Waals surface area contributed by atoms with Crippen molar-refractivity contribution in [2.24, 2.45) is 0 Å². The number of nitrogens with two attached hydrogens (primary N) is 1. The molecule has 19 heavy (non-hydrogen) atoms. The molecule has 0 aliphatic heterocycles. The Morgan fingerprint density at radius 1 is 1.53 bits per heavy atom. The summed E-state index contributed by atoms with van der Waals surface area (Å²) >= 11 is 0. The van der Waals surface area contributed by atoms with Crippen molar-refractivity contribution >= 4 is 21.7 Å². The Labute approximate surface area is 111 Å². The van der Waals surface area contributed by atoms with Crippen LogP contribution in [0.2, 0.25) is 0 Å². The number of benzene rings is 1. The van der Waals surface area contributed by atoms with Gasteiger partial charge in [0.05, 0.1) is 17.9 Å². The van der Waals surface area contributed by atoms with Gasteiger partial charge >= 0.3 is 5.97 Å². The van der Waals surface area contributed by atoms with Crippen LogP contribution in [-0.2, 0) is 14.8 Å². The number of aromatic carboxylic acids is 1. The Morgan fingerprint density at radius 2 is 2.16 bits per heavy atom. The van der Waals surface area contributed by atoms with E-state index in [2.05, 4.69) is 4.72 Å². The number of ether oxygens (including phenoxy) is 1. The summed E-state index contributed by atoms with van der Waals surface area (Å²) in [6.07, 6.45) is 0. The molecule has 0 saturated heterocycles. The van der Waals surface area contributed by atoms with Gasteiger partial charge < -0.3 is 15.6 Å². The number of carboxylic acids is 1. The molecule has 0 bridgehead atoms. The third-order valence-electron chi connectivity index (χ3n) is 2.32. The highest BCUT2D eigenvalue weighted by molar-refractivity contribution is 7.89. The lowest BCUT2D eigenvalue weighted by atomic mass is 10.2. The van der Waals surface area contributed by atoms with Crippen LogP contribution in [0, 0.1) is 0 Å². The summed E-state index contributed by atoms with van der Waals surface area (Å²) in [4.78, 5) is 10.6. The average Bonchev–Trinajstić information content (AvgIpc) is 2.27. The Hall–Kier alpha value is -1.64. The second kappa shape index (κ2) is 6.00. The second-order valence-corrected chi connectivity index (χ2v) is 5.72. The smallest absolute Gasteiger partial charge is 0.335 e. The zero-order chi connectivity index (χ0) is 14.6. The second-order valence-electron chi connectivity index (χ2n) is 4.04. The number of nitrogens with one attached hydrogen (secondary N) is 1. The van der Waals surface area contributed by atoms with Gasteiger partial charge in [0.2, 0.25) is 10.0 Å². The number of sulfonamides is 1. The van der Waals surface area contributed by atoms with E-state index in [0.717, 1.165) is 6.07 Å². The molecule has 4 N–H and O–H groups in total. The first-order valence-electron chi connectivity index (χ1n) is 5.42. The van der Waals surface area contributed by atoms with Crippen LogP contribution in [0.15, 0.2) is 23.1 Å². The van der Waals surface area contributed by atoms with Crippen molar-refractivity contribution in [3.63, 3.8) is 0 Å². The molecular formula is C11H16N2O5S. The van der Waals surface area contributed by atoms with Gasteiger partial charge in [-0.05, 0) is 25.1 Å². The van der Waals surface area contributed by atoms with Crippen LogP contribution in [0.3, 0.4) is 0 Å². The Kier molecular flexibility index (Phi) is 4.87. The van der Waals surface area contributed by atoms with E-state index in [4.69, 9.17) is 15.6 Å². The molecule has 0 spiro atoms. The third kappa shape index (κ3) is 3.91. The van der Waals surface area contributed by atoms with Crippen LogP contribution >= 0.6 is 0 Å². The summed E-state index contributed by atoms with van der Waals surface area (Å²) in [6, 6.07) is 3.04. The predicted molar refractivity (Wildman–Crippen MR) is 69.5 cm³/mol. The Balaban J connectivity index is 3.05. The number of nitrogen functional groups attached to an aromatic ring is 1. The summed E-state index contributed by atoms with van der Waals surface area (Å²) in [7, 11) is -2.34. The van der Waals surface area contributed by atoms with Crippen LogP contribution < -0.4 is 10.5 Å². The lowest BCUT2D eigenvalue weighted by molar-refractivity contribution is 0.0697. The van der Waals surface area contributed by atoms with Crippen LogP contribution in [0.25, 0.3) is 0 Å². The van der Waals surface area contributed by atoms with Crippen molar-refractivity contribution in [2.45, 2.75) is 17.9 Å². The minimum atomic E-state index is -3.80. The molecule has 106 valence electrons. The number of carboxylic acid groups (broad SMARTS) is 1. The van der Waals surface area contributed by atoms with Gasteiger partial charge in [-0.3, -0.25) is 0 Å². The summed E-state index contributed by atoms with van der Waals surface area (Å²) in [5.74, 6) is -1.17. The standard InChI is InChI=1S/C11H16N2O5S/c1-7(6-18-2)13-19(16,17)10-4-3-8(11(14)15)5-9(10)12/h3-5,7,13H,6,12H2,1-2H3,(H,14,15). The van der Waals surface area contributed by atoms with Gasteiger partial charge in [-0.25, -0.2) is 17.9 Å². The molecule has 1 atom stereocenters. The SMILES string of the molecule is COCC(C)NS(=O)(=O)c1ccc(C(=O)O)cc1N. The molecule has 0 aliphatic carbocycles. The quantitative estimate of drug-likeness (QED) is 0.647. The molecule has 0 heterocycles. The van der Waals surface area contributed by atoms with Crippen molar-refractivity contribution in [3.8, 4) is 0 Å². The van der Waals surface area contributed by atoms with E-state index in [0.29, 0.717) is 0 Å². The zero-order valence-electron chi connectivity index (χ0n) is 10.6. The number of anilines is 1. The molecule has 1 unspecified atom stereocenters. The average molecular weight is 288 g/mol. The lowest BCUT2D eigenvalue weighted by Gasteiger charge is -2.14. The molecule has 1 rings (SSSR count). The van der Waals surface area contributed by atoms with Crippen molar-refractivity contribution in [3.05, 3.63) is 23.8 Å². The van der Waals surface area contributed by atoms with Gasteiger partial charge in [0.25, 0.3) is 0 Å². The monoisotopic (exact) mass is 288 g/mol.